The highest BCUT2D eigenvalue weighted by atomic mass is 16.6. The van der Waals surface area contributed by atoms with Crippen molar-refractivity contribution in [1.29, 1.82) is 0 Å². The lowest BCUT2D eigenvalue weighted by Gasteiger charge is -2.16. The lowest BCUT2D eigenvalue weighted by Crippen LogP contribution is -2.43. The van der Waals surface area contributed by atoms with Crippen LogP contribution in [0, 0.1) is 0 Å². The van der Waals surface area contributed by atoms with E-state index in [1.54, 1.807) is 0 Å². The minimum atomic E-state index is -0.700. The number of benzene rings is 2. The molecule has 7 nitrogen and oxygen atoms in total. The van der Waals surface area contributed by atoms with E-state index in [0.29, 0.717) is 32.3 Å². The second-order valence-electron chi connectivity index (χ2n) is 7.55. The number of esters is 1. The van der Waals surface area contributed by atoms with Gasteiger partial charge in [0.25, 0.3) is 0 Å². The lowest BCUT2D eigenvalue weighted by molar-refractivity contribution is -0.145. The molecule has 0 unspecified atom stereocenters. The van der Waals surface area contributed by atoms with Gasteiger partial charge in [0, 0.05) is 19.3 Å². The van der Waals surface area contributed by atoms with E-state index in [9.17, 15) is 14.4 Å². The summed E-state index contributed by atoms with van der Waals surface area (Å²) in [5, 5.41) is 2.77. The molecule has 2 N–H and O–H groups in total. The van der Waals surface area contributed by atoms with Crippen molar-refractivity contribution in [2.45, 2.75) is 57.6 Å². The number of ether oxygens (including phenoxy) is 1. The Balaban J connectivity index is 1.55. The Labute approximate surface area is 189 Å². The molecule has 2 aromatic rings. The van der Waals surface area contributed by atoms with Gasteiger partial charge in [-0.25, -0.2) is 10.3 Å². The summed E-state index contributed by atoms with van der Waals surface area (Å²) in [7, 11) is 1.31. The van der Waals surface area contributed by atoms with Crippen LogP contribution in [0.15, 0.2) is 60.7 Å². The fraction of sp³-hybridized carbons (Fsp3) is 0.400. The van der Waals surface area contributed by atoms with Crippen LogP contribution in [0.2, 0.25) is 0 Å². The third kappa shape index (κ3) is 10.2. The van der Waals surface area contributed by atoms with Gasteiger partial charge in [-0.2, -0.15) is 0 Å². The topological polar surface area (TPSA) is 93.7 Å². The summed E-state index contributed by atoms with van der Waals surface area (Å²) in [5.41, 5.74) is 4.39. The first-order chi connectivity index (χ1) is 15.6. The van der Waals surface area contributed by atoms with Crippen LogP contribution in [0.4, 0.5) is 0 Å². The van der Waals surface area contributed by atoms with Crippen molar-refractivity contribution in [1.82, 2.24) is 10.8 Å². The van der Waals surface area contributed by atoms with Gasteiger partial charge in [0.2, 0.25) is 11.8 Å². The highest BCUT2D eigenvalue weighted by Crippen LogP contribution is 2.08. The van der Waals surface area contributed by atoms with Gasteiger partial charge in [-0.05, 0) is 24.0 Å². The molecule has 0 fully saturated rings. The molecule has 0 aromatic heterocycles. The molecule has 2 amide bonds. The van der Waals surface area contributed by atoms with E-state index in [1.165, 1.54) is 7.11 Å². The van der Waals surface area contributed by atoms with Gasteiger partial charge >= 0.3 is 5.97 Å². The average Bonchev–Trinajstić information content (AvgIpc) is 2.81. The smallest absolute Gasteiger partial charge is 0.328 e. The average molecular weight is 441 g/mol. The second-order valence-corrected chi connectivity index (χ2v) is 7.55. The number of amides is 2. The van der Waals surface area contributed by atoms with Crippen molar-refractivity contribution in [2.75, 3.05) is 7.11 Å². The molecule has 2 rings (SSSR count). The van der Waals surface area contributed by atoms with Crippen LogP contribution in [0.25, 0.3) is 0 Å². The summed E-state index contributed by atoms with van der Waals surface area (Å²) >= 11 is 0. The van der Waals surface area contributed by atoms with E-state index < -0.39 is 12.0 Å². The Hall–Kier alpha value is -3.19. The molecule has 0 radical (unpaired) electrons. The zero-order valence-corrected chi connectivity index (χ0v) is 18.5. The molecule has 0 aliphatic carbocycles. The van der Waals surface area contributed by atoms with Crippen molar-refractivity contribution >= 4 is 17.8 Å². The molecule has 0 saturated carbocycles. The minimum Gasteiger partial charge on any atom is -0.467 e. The molecule has 0 spiro atoms. The Morgan fingerprint density at radius 3 is 1.94 bits per heavy atom. The highest BCUT2D eigenvalue weighted by Gasteiger charge is 2.21. The van der Waals surface area contributed by atoms with E-state index in [1.807, 2.05) is 60.7 Å². The maximum atomic E-state index is 12.2. The molecule has 1 atom stereocenters. The molecule has 172 valence electrons. The van der Waals surface area contributed by atoms with Crippen molar-refractivity contribution in [3.8, 4) is 0 Å². The number of hydroxylamine groups is 1. The standard InChI is InChI=1S/C25H32N2O5/c1-31-25(30)22(18-20-12-6-4-7-13-20)26-23(28)16-10-2-3-11-17-24(29)27-32-19-21-14-8-5-9-15-21/h4-9,12-15,22H,2-3,10-11,16-19H2,1H3,(H,26,28)(H,27,29)/t22-/m1/s1. The number of nitrogens with one attached hydrogen (secondary N) is 2. The molecule has 0 aliphatic rings. The zero-order valence-electron chi connectivity index (χ0n) is 18.5. The number of carbonyl (C=O) groups excluding carboxylic acids is 3. The summed E-state index contributed by atoms with van der Waals surface area (Å²) in [6.07, 6.45) is 4.17. The van der Waals surface area contributed by atoms with Crippen molar-refractivity contribution in [3.05, 3.63) is 71.8 Å². The summed E-state index contributed by atoms with van der Waals surface area (Å²) in [5.74, 6) is -0.786. The molecular weight excluding hydrogens is 408 g/mol. The van der Waals surface area contributed by atoms with Crippen LogP contribution in [0.3, 0.4) is 0 Å². The molecule has 32 heavy (non-hydrogen) atoms. The van der Waals surface area contributed by atoms with Crippen LogP contribution in [-0.4, -0.2) is 30.9 Å². The van der Waals surface area contributed by atoms with E-state index >= 15 is 0 Å². The third-order valence-corrected chi connectivity index (χ3v) is 4.93. The van der Waals surface area contributed by atoms with Gasteiger partial charge in [-0.15, -0.1) is 0 Å². The van der Waals surface area contributed by atoms with Crippen LogP contribution in [0.5, 0.6) is 0 Å². The molecular formula is C25H32N2O5. The van der Waals surface area contributed by atoms with Gasteiger partial charge in [-0.1, -0.05) is 73.5 Å². The van der Waals surface area contributed by atoms with Gasteiger partial charge in [-0.3, -0.25) is 14.4 Å². The number of rotatable bonds is 14. The zero-order chi connectivity index (χ0) is 23.0. The van der Waals surface area contributed by atoms with Gasteiger partial charge in [0.15, 0.2) is 0 Å². The predicted octanol–water partition coefficient (Wildman–Crippen LogP) is 3.48. The number of methoxy groups -OCH3 is 1. The Morgan fingerprint density at radius 2 is 1.34 bits per heavy atom. The van der Waals surface area contributed by atoms with E-state index in [4.69, 9.17) is 9.57 Å². The first-order valence-corrected chi connectivity index (χ1v) is 10.9. The summed E-state index contributed by atoms with van der Waals surface area (Å²) in [6, 6.07) is 18.4. The fourth-order valence-electron chi connectivity index (χ4n) is 3.20. The van der Waals surface area contributed by atoms with E-state index in [-0.39, 0.29) is 11.8 Å². The Morgan fingerprint density at radius 1 is 0.781 bits per heavy atom. The molecule has 0 aliphatic heterocycles. The highest BCUT2D eigenvalue weighted by molar-refractivity contribution is 5.84. The van der Waals surface area contributed by atoms with Crippen LogP contribution >= 0.6 is 0 Å². The summed E-state index contributed by atoms with van der Waals surface area (Å²) in [6.45, 7) is 0.332. The van der Waals surface area contributed by atoms with Crippen molar-refractivity contribution in [2.24, 2.45) is 0 Å². The quantitative estimate of drug-likeness (QED) is 0.267. The number of hydrogen-bond acceptors (Lipinski definition) is 5. The Kier molecular flexibility index (Phi) is 11.6. The first kappa shape index (κ1) is 25.1. The normalized spacial score (nSPS) is 11.4. The minimum absolute atomic E-state index is 0.152. The SMILES string of the molecule is COC(=O)[C@@H](Cc1ccccc1)NC(=O)CCCCCCC(=O)NOCc1ccccc1. The van der Waals surface area contributed by atoms with E-state index in [0.717, 1.165) is 30.4 Å². The first-order valence-electron chi connectivity index (χ1n) is 10.9. The number of carbonyl (C=O) groups is 3. The predicted molar refractivity (Wildman–Crippen MR) is 121 cm³/mol. The Bertz CT molecular complexity index is 827. The monoisotopic (exact) mass is 440 g/mol. The van der Waals surface area contributed by atoms with Crippen molar-refractivity contribution in [3.63, 3.8) is 0 Å². The molecule has 7 heteroatoms. The fourth-order valence-corrected chi connectivity index (χ4v) is 3.20. The second kappa shape index (κ2) is 14.8. The molecule has 0 saturated heterocycles. The van der Waals surface area contributed by atoms with E-state index in [2.05, 4.69) is 10.8 Å². The van der Waals surface area contributed by atoms with Gasteiger partial charge in [0.05, 0.1) is 13.7 Å². The van der Waals surface area contributed by atoms with Crippen LogP contribution in [-0.2, 0) is 37.0 Å². The molecule has 0 heterocycles. The van der Waals surface area contributed by atoms with Gasteiger partial charge in [0.1, 0.15) is 6.04 Å². The number of unbranched alkanes of at least 4 members (excludes halogenated alkanes) is 3. The van der Waals surface area contributed by atoms with Crippen LogP contribution < -0.4 is 10.8 Å². The van der Waals surface area contributed by atoms with Crippen molar-refractivity contribution < 1.29 is 24.0 Å². The third-order valence-electron chi connectivity index (χ3n) is 4.93. The maximum Gasteiger partial charge on any atom is 0.328 e. The maximum absolute atomic E-state index is 12.2. The largest absolute Gasteiger partial charge is 0.467 e. The molecule has 0 bridgehead atoms. The number of hydrogen-bond donors (Lipinski definition) is 2. The lowest BCUT2D eigenvalue weighted by atomic mass is 10.1. The van der Waals surface area contributed by atoms with Gasteiger partial charge < -0.3 is 10.1 Å². The van der Waals surface area contributed by atoms with Crippen LogP contribution in [0.1, 0.15) is 49.7 Å². The summed E-state index contributed by atoms with van der Waals surface area (Å²) in [4.78, 5) is 41.2. The summed E-state index contributed by atoms with van der Waals surface area (Å²) < 4.78 is 4.82. The molecule has 2 aromatic carbocycles.